The van der Waals surface area contributed by atoms with Gasteiger partial charge in [-0.3, -0.25) is 0 Å². The number of benzene rings is 10. The van der Waals surface area contributed by atoms with Crippen molar-refractivity contribution in [3.8, 4) is 44.5 Å². The predicted molar refractivity (Wildman–Crippen MR) is 235 cm³/mol. The molecule has 2 heterocycles. The second-order valence-corrected chi connectivity index (χ2v) is 14.9. The summed E-state index contributed by atoms with van der Waals surface area (Å²) in [6, 6.07) is 70.0. The Balaban J connectivity index is 1.07. The number of furan rings is 2. The van der Waals surface area contributed by atoms with Gasteiger partial charge >= 0.3 is 0 Å². The van der Waals surface area contributed by atoms with Gasteiger partial charge in [0.1, 0.15) is 22.3 Å². The summed E-state index contributed by atoms with van der Waals surface area (Å²) in [5.74, 6) is 0. The summed E-state index contributed by atoms with van der Waals surface area (Å²) in [6.45, 7) is 0. The summed E-state index contributed by atoms with van der Waals surface area (Å²) in [6.07, 6.45) is 0. The average molecular weight is 713 g/mol. The van der Waals surface area contributed by atoms with Gasteiger partial charge in [-0.05, 0) is 120 Å². The average Bonchev–Trinajstić information content (AvgIpc) is 3.84. The van der Waals surface area contributed by atoms with E-state index in [0.29, 0.717) is 0 Å². The van der Waals surface area contributed by atoms with Gasteiger partial charge in [0.05, 0.1) is 0 Å². The van der Waals surface area contributed by atoms with Crippen molar-refractivity contribution in [2.45, 2.75) is 0 Å². The van der Waals surface area contributed by atoms with Gasteiger partial charge in [-0.1, -0.05) is 140 Å². The molecule has 0 saturated heterocycles. The number of rotatable bonds is 4. The van der Waals surface area contributed by atoms with Crippen molar-refractivity contribution in [1.82, 2.24) is 0 Å². The summed E-state index contributed by atoms with van der Waals surface area (Å²) in [4.78, 5) is 0. The van der Waals surface area contributed by atoms with Crippen LogP contribution in [0.1, 0.15) is 0 Å². The topological polar surface area (TPSA) is 26.3 Å². The highest BCUT2D eigenvalue weighted by Crippen LogP contribution is 2.44. The molecule has 0 aliphatic heterocycles. The van der Waals surface area contributed by atoms with Crippen molar-refractivity contribution in [1.29, 1.82) is 0 Å². The van der Waals surface area contributed by atoms with Crippen molar-refractivity contribution >= 4 is 76.2 Å². The van der Waals surface area contributed by atoms with Crippen LogP contribution in [0.2, 0.25) is 0 Å². The van der Waals surface area contributed by atoms with E-state index in [0.717, 1.165) is 71.5 Å². The van der Waals surface area contributed by atoms with E-state index in [2.05, 4.69) is 194 Å². The van der Waals surface area contributed by atoms with Crippen molar-refractivity contribution in [2.75, 3.05) is 0 Å². The molecule has 2 heteroatoms. The van der Waals surface area contributed by atoms with Crippen LogP contribution in [0.15, 0.2) is 203 Å². The molecule has 12 aromatic rings. The Morgan fingerprint density at radius 2 is 0.821 bits per heavy atom. The molecule has 2 aromatic heterocycles. The van der Waals surface area contributed by atoms with Gasteiger partial charge in [-0.15, -0.1) is 0 Å². The van der Waals surface area contributed by atoms with E-state index in [1.807, 2.05) is 0 Å². The minimum atomic E-state index is 0.861. The molecule has 0 aliphatic carbocycles. The Hall–Kier alpha value is -7.42. The zero-order valence-electron chi connectivity index (χ0n) is 30.3. The fraction of sp³-hybridized carbons (Fsp3) is 0. The van der Waals surface area contributed by atoms with Crippen LogP contribution in [0.25, 0.3) is 121 Å². The lowest BCUT2D eigenvalue weighted by atomic mass is 9.90. The van der Waals surface area contributed by atoms with Crippen molar-refractivity contribution < 1.29 is 8.83 Å². The van der Waals surface area contributed by atoms with Crippen molar-refractivity contribution in [3.05, 3.63) is 194 Å². The highest BCUT2D eigenvalue weighted by atomic mass is 16.3. The molecule has 0 spiro atoms. The SMILES string of the molecule is c1ccc2cc(-c3cc(-c4ccc5ccccc5c4)cc(-c4cccc5oc6ccc(-c7cccc8c7oc7c9ccccc9ccc87)cc6c45)c3)ccc2c1. The molecule has 0 N–H and O–H groups in total. The molecule has 56 heavy (non-hydrogen) atoms. The highest BCUT2D eigenvalue weighted by molar-refractivity contribution is 6.18. The quantitative estimate of drug-likeness (QED) is 0.182. The monoisotopic (exact) mass is 712 g/mol. The first-order valence-corrected chi connectivity index (χ1v) is 19.1. The van der Waals surface area contributed by atoms with Crippen LogP contribution in [0.5, 0.6) is 0 Å². The first-order valence-electron chi connectivity index (χ1n) is 19.1. The van der Waals surface area contributed by atoms with Crippen LogP contribution in [0.4, 0.5) is 0 Å². The molecular weight excluding hydrogens is 681 g/mol. The molecule has 0 fully saturated rings. The van der Waals surface area contributed by atoms with E-state index in [1.54, 1.807) is 0 Å². The summed E-state index contributed by atoms with van der Waals surface area (Å²) < 4.78 is 13.4. The molecule has 0 aliphatic rings. The lowest BCUT2D eigenvalue weighted by molar-refractivity contribution is 0.669. The second kappa shape index (κ2) is 12.0. The minimum Gasteiger partial charge on any atom is -0.456 e. The molecule has 12 rings (SSSR count). The van der Waals surface area contributed by atoms with E-state index >= 15 is 0 Å². The standard InChI is InChI=1S/C54H32O2/c1-3-12-36-27-38(21-19-33(36)9-1)41-29-42(39-22-20-34-10-2-4-13-37(34)28-39)31-43(30-41)44-15-8-18-51-52(44)49-32-40(24-26-50(49)55-51)46-16-7-17-47-48-25-23-35-11-5-6-14-45(35)53(48)56-54(46)47/h1-32H. The summed E-state index contributed by atoms with van der Waals surface area (Å²) in [7, 11) is 0. The fourth-order valence-electron chi connectivity index (χ4n) is 8.84. The summed E-state index contributed by atoms with van der Waals surface area (Å²) in [5.41, 5.74) is 12.7. The van der Waals surface area contributed by atoms with E-state index in [9.17, 15) is 0 Å². The smallest absolute Gasteiger partial charge is 0.143 e. The zero-order valence-corrected chi connectivity index (χ0v) is 30.3. The number of para-hydroxylation sites is 1. The zero-order chi connectivity index (χ0) is 36.7. The molecule has 0 radical (unpaired) electrons. The van der Waals surface area contributed by atoms with Crippen LogP contribution in [-0.2, 0) is 0 Å². The molecule has 0 saturated carbocycles. The van der Waals surface area contributed by atoms with E-state index < -0.39 is 0 Å². The largest absolute Gasteiger partial charge is 0.456 e. The lowest BCUT2D eigenvalue weighted by Crippen LogP contribution is -1.88. The Kier molecular flexibility index (Phi) is 6.66. The Morgan fingerprint density at radius 3 is 1.57 bits per heavy atom. The number of fused-ring (bicyclic) bond motifs is 10. The Bertz CT molecular complexity index is 3450. The van der Waals surface area contributed by atoms with Gasteiger partial charge in [-0.25, -0.2) is 0 Å². The Morgan fingerprint density at radius 1 is 0.250 bits per heavy atom. The van der Waals surface area contributed by atoms with Crippen LogP contribution in [0.3, 0.4) is 0 Å². The second-order valence-electron chi connectivity index (χ2n) is 14.9. The maximum Gasteiger partial charge on any atom is 0.143 e. The third kappa shape index (κ3) is 4.83. The minimum absolute atomic E-state index is 0.861. The van der Waals surface area contributed by atoms with Crippen LogP contribution in [-0.4, -0.2) is 0 Å². The van der Waals surface area contributed by atoms with Crippen molar-refractivity contribution in [3.63, 3.8) is 0 Å². The van der Waals surface area contributed by atoms with Crippen LogP contribution < -0.4 is 0 Å². The predicted octanol–water partition coefficient (Wildman–Crippen LogP) is 15.6. The van der Waals surface area contributed by atoms with Gasteiger partial charge in [0.15, 0.2) is 0 Å². The molecule has 0 bridgehead atoms. The van der Waals surface area contributed by atoms with Gasteiger partial charge in [-0.2, -0.15) is 0 Å². The maximum absolute atomic E-state index is 6.77. The Labute approximate surface area is 322 Å². The molecule has 260 valence electrons. The number of hydrogen-bond acceptors (Lipinski definition) is 2. The lowest BCUT2D eigenvalue weighted by Gasteiger charge is -2.13. The third-order valence-corrected chi connectivity index (χ3v) is 11.6. The van der Waals surface area contributed by atoms with Gasteiger partial charge < -0.3 is 8.83 Å². The molecule has 0 unspecified atom stereocenters. The molecule has 10 aromatic carbocycles. The van der Waals surface area contributed by atoms with Gasteiger partial charge in [0, 0.05) is 32.5 Å². The first kappa shape index (κ1) is 31.0. The van der Waals surface area contributed by atoms with Crippen LogP contribution >= 0.6 is 0 Å². The van der Waals surface area contributed by atoms with Gasteiger partial charge in [0.2, 0.25) is 0 Å². The fourth-order valence-corrected chi connectivity index (χ4v) is 8.84. The van der Waals surface area contributed by atoms with E-state index in [4.69, 9.17) is 8.83 Å². The van der Waals surface area contributed by atoms with Gasteiger partial charge in [0.25, 0.3) is 0 Å². The van der Waals surface area contributed by atoms with Crippen LogP contribution in [0, 0.1) is 0 Å². The van der Waals surface area contributed by atoms with E-state index in [1.165, 1.54) is 49.2 Å². The molecule has 0 atom stereocenters. The van der Waals surface area contributed by atoms with E-state index in [-0.39, 0.29) is 0 Å². The third-order valence-electron chi connectivity index (χ3n) is 11.6. The number of hydrogen-bond donors (Lipinski definition) is 0. The molecular formula is C54H32O2. The van der Waals surface area contributed by atoms with Crippen molar-refractivity contribution in [2.24, 2.45) is 0 Å². The summed E-state index contributed by atoms with van der Waals surface area (Å²) >= 11 is 0. The summed E-state index contributed by atoms with van der Waals surface area (Å²) in [5, 5.41) is 11.7. The normalized spacial score (nSPS) is 11.9. The maximum atomic E-state index is 6.77. The molecule has 2 nitrogen and oxygen atoms in total. The molecule has 0 amide bonds. The highest BCUT2D eigenvalue weighted by Gasteiger charge is 2.18. The first-order chi connectivity index (χ1) is 27.7.